The van der Waals surface area contributed by atoms with Gasteiger partial charge in [0, 0.05) is 31.8 Å². The predicted molar refractivity (Wildman–Crippen MR) is 83.4 cm³/mol. The Morgan fingerprint density at radius 2 is 2.08 bits per heavy atom. The van der Waals surface area contributed by atoms with Crippen LogP contribution in [0.2, 0.25) is 0 Å². The minimum absolute atomic E-state index is 0.0180. The van der Waals surface area contributed by atoms with Gasteiger partial charge in [-0.3, -0.25) is 14.3 Å². The van der Waals surface area contributed by atoms with Gasteiger partial charge in [0.2, 0.25) is 11.8 Å². The van der Waals surface area contributed by atoms with Crippen molar-refractivity contribution in [2.45, 2.75) is 13.3 Å². The number of halogens is 2. The lowest BCUT2D eigenvalue weighted by Crippen LogP contribution is -2.28. The van der Waals surface area contributed by atoms with E-state index in [2.05, 4.69) is 10.4 Å². The van der Waals surface area contributed by atoms with Crippen LogP contribution < -0.4 is 10.2 Å². The molecule has 0 radical (unpaired) electrons. The van der Waals surface area contributed by atoms with Crippen molar-refractivity contribution in [3.05, 3.63) is 41.7 Å². The van der Waals surface area contributed by atoms with Crippen LogP contribution in [0.25, 0.3) is 0 Å². The van der Waals surface area contributed by atoms with Crippen molar-refractivity contribution in [3.63, 3.8) is 0 Å². The van der Waals surface area contributed by atoms with E-state index in [1.807, 2.05) is 6.92 Å². The number of carbonyl (C=O) groups excluding carboxylic acids is 2. The number of aryl methyl sites for hydroxylation is 1. The molecule has 0 spiro atoms. The molecule has 1 unspecified atom stereocenters. The van der Waals surface area contributed by atoms with E-state index in [1.54, 1.807) is 11.7 Å². The lowest BCUT2D eigenvalue weighted by molar-refractivity contribution is -0.122. The van der Waals surface area contributed by atoms with Gasteiger partial charge < -0.3 is 10.2 Å². The van der Waals surface area contributed by atoms with Crippen molar-refractivity contribution in [2.75, 3.05) is 16.8 Å². The Bertz CT molecular complexity index is 818. The summed E-state index contributed by atoms with van der Waals surface area (Å²) in [5, 5.41) is 6.79. The molecule has 3 rings (SSSR count). The second-order valence-electron chi connectivity index (χ2n) is 5.76. The third kappa shape index (κ3) is 2.86. The van der Waals surface area contributed by atoms with Gasteiger partial charge in [-0.1, -0.05) is 0 Å². The van der Waals surface area contributed by atoms with Crippen molar-refractivity contribution >= 4 is 23.2 Å². The zero-order valence-electron chi connectivity index (χ0n) is 13.2. The minimum Gasteiger partial charge on any atom is -0.323 e. The monoisotopic (exact) mass is 334 g/mol. The van der Waals surface area contributed by atoms with Gasteiger partial charge in [0.15, 0.2) is 11.6 Å². The topological polar surface area (TPSA) is 67.2 Å². The van der Waals surface area contributed by atoms with Gasteiger partial charge in [-0.2, -0.15) is 5.10 Å². The van der Waals surface area contributed by atoms with Crippen LogP contribution in [0.4, 0.5) is 20.2 Å². The molecule has 0 bridgehead atoms. The third-order valence-electron chi connectivity index (χ3n) is 4.20. The van der Waals surface area contributed by atoms with Crippen molar-refractivity contribution in [2.24, 2.45) is 13.0 Å². The molecule has 2 amide bonds. The van der Waals surface area contributed by atoms with E-state index >= 15 is 0 Å². The summed E-state index contributed by atoms with van der Waals surface area (Å²) in [5.74, 6) is -3.18. The van der Waals surface area contributed by atoms with Crippen LogP contribution in [0.3, 0.4) is 0 Å². The van der Waals surface area contributed by atoms with Crippen molar-refractivity contribution in [1.82, 2.24) is 9.78 Å². The van der Waals surface area contributed by atoms with Crippen LogP contribution in [0, 0.1) is 24.5 Å². The fraction of sp³-hybridized carbons (Fsp3) is 0.312. The molecular formula is C16H16F2N4O2. The highest BCUT2D eigenvalue weighted by Gasteiger charge is 2.35. The van der Waals surface area contributed by atoms with Crippen LogP contribution in [-0.2, 0) is 16.6 Å². The molecule has 2 aromatic rings. The van der Waals surface area contributed by atoms with Crippen LogP contribution in [0.5, 0.6) is 0 Å². The zero-order valence-corrected chi connectivity index (χ0v) is 13.2. The van der Waals surface area contributed by atoms with Crippen LogP contribution in [0.1, 0.15) is 12.1 Å². The summed E-state index contributed by atoms with van der Waals surface area (Å²) in [6.07, 6.45) is 1.56. The molecule has 0 saturated carbocycles. The molecular weight excluding hydrogens is 318 g/mol. The summed E-state index contributed by atoms with van der Waals surface area (Å²) >= 11 is 0. The molecule has 126 valence electrons. The van der Waals surface area contributed by atoms with E-state index in [9.17, 15) is 18.4 Å². The first kappa shape index (κ1) is 16.1. The summed E-state index contributed by atoms with van der Waals surface area (Å²) in [7, 11) is 1.76. The molecule has 1 aromatic carbocycles. The minimum atomic E-state index is -1.03. The van der Waals surface area contributed by atoms with Gasteiger partial charge >= 0.3 is 0 Å². The predicted octanol–water partition coefficient (Wildman–Crippen LogP) is 2.00. The van der Waals surface area contributed by atoms with Crippen LogP contribution in [0.15, 0.2) is 24.4 Å². The van der Waals surface area contributed by atoms with Gasteiger partial charge in [0.05, 0.1) is 23.5 Å². The third-order valence-corrected chi connectivity index (χ3v) is 4.20. The molecule has 1 saturated heterocycles. The molecule has 6 nitrogen and oxygen atoms in total. The largest absolute Gasteiger partial charge is 0.323 e. The van der Waals surface area contributed by atoms with Gasteiger partial charge in [-0.25, -0.2) is 8.78 Å². The van der Waals surface area contributed by atoms with Gasteiger partial charge in [-0.05, 0) is 19.1 Å². The Morgan fingerprint density at radius 1 is 1.33 bits per heavy atom. The summed E-state index contributed by atoms with van der Waals surface area (Å²) < 4.78 is 28.0. The van der Waals surface area contributed by atoms with E-state index < -0.39 is 17.6 Å². The quantitative estimate of drug-likeness (QED) is 0.933. The van der Waals surface area contributed by atoms with Gasteiger partial charge in [0.25, 0.3) is 0 Å². The number of hydrogen-bond acceptors (Lipinski definition) is 3. The molecule has 1 aliphatic heterocycles. The zero-order chi connectivity index (χ0) is 17.4. The van der Waals surface area contributed by atoms with E-state index in [4.69, 9.17) is 0 Å². The Kier molecular flexibility index (Phi) is 4.04. The van der Waals surface area contributed by atoms with E-state index in [1.165, 1.54) is 17.2 Å². The van der Waals surface area contributed by atoms with E-state index in [0.29, 0.717) is 5.69 Å². The lowest BCUT2D eigenvalue weighted by Gasteiger charge is -2.17. The van der Waals surface area contributed by atoms with Gasteiger partial charge in [0.1, 0.15) is 0 Å². The average Bonchev–Trinajstić information content (AvgIpc) is 3.08. The highest BCUT2D eigenvalue weighted by atomic mass is 19.2. The molecule has 2 heterocycles. The Hall–Kier alpha value is -2.77. The number of benzene rings is 1. The molecule has 1 aromatic heterocycles. The second-order valence-corrected chi connectivity index (χ2v) is 5.76. The molecule has 1 fully saturated rings. The maximum absolute atomic E-state index is 13.3. The van der Waals surface area contributed by atoms with Gasteiger partial charge in [-0.15, -0.1) is 0 Å². The van der Waals surface area contributed by atoms with Crippen molar-refractivity contribution in [3.8, 4) is 0 Å². The first-order valence-electron chi connectivity index (χ1n) is 7.41. The Labute approximate surface area is 137 Å². The Morgan fingerprint density at radius 3 is 2.71 bits per heavy atom. The summed E-state index contributed by atoms with van der Waals surface area (Å²) in [6.45, 7) is 1.94. The van der Waals surface area contributed by atoms with Crippen LogP contribution in [-0.4, -0.2) is 28.1 Å². The lowest BCUT2D eigenvalue weighted by atomic mass is 10.1. The number of nitrogens with zero attached hydrogens (tertiary/aromatic N) is 3. The summed E-state index contributed by atoms with van der Waals surface area (Å²) in [4.78, 5) is 25.8. The van der Waals surface area contributed by atoms with E-state index in [-0.39, 0.29) is 30.5 Å². The standard InChI is InChI=1S/C16H16F2N4O2/c1-9-14(7-19-21(9)2)20-16(24)10-5-15(23)22(8-10)11-3-4-12(17)13(18)6-11/h3-4,6-7,10H,5,8H2,1-2H3,(H,20,24). The molecule has 1 N–H and O–H groups in total. The second kappa shape index (κ2) is 6.03. The average molecular weight is 334 g/mol. The van der Waals surface area contributed by atoms with Crippen molar-refractivity contribution < 1.29 is 18.4 Å². The number of nitrogens with one attached hydrogen (secondary N) is 1. The highest BCUT2D eigenvalue weighted by molar-refractivity contribution is 6.03. The smallest absolute Gasteiger partial charge is 0.229 e. The number of carbonyl (C=O) groups is 2. The molecule has 24 heavy (non-hydrogen) atoms. The van der Waals surface area contributed by atoms with Crippen LogP contribution >= 0.6 is 0 Å². The normalized spacial score (nSPS) is 17.4. The van der Waals surface area contributed by atoms with Crippen molar-refractivity contribution in [1.29, 1.82) is 0 Å². The molecule has 8 heteroatoms. The molecule has 0 aliphatic carbocycles. The molecule has 1 aliphatic rings. The maximum atomic E-state index is 13.3. The first-order chi connectivity index (χ1) is 11.4. The maximum Gasteiger partial charge on any atom is 0.229 e. The first-order valence-corrected chi connectivity index (χ1v) is 7.41. The number of aromatic nitrogens is 2. The fourth-order valence-electron chi connectivity index (χ4n) is 2.64. The Balaban J connectivity index is 1.73. The summed E-state index contributed by atoms with van der Waals surface area (Å²) in [6, 6.07) is 3.24. The number of rotatable bonds is 3. The highest BCUT2D eigenvalue weighted by Crippen LogP contribution is 2.27. The van der Waals surface area contributed by atoms with E-state index in [0.717, 1.165) is 17.8 Å². The number of amides is 2. The SMILES string of the molecule is Cc1c(NC(=O)C2CC(=O)N(c3ccc(F)c(F)c3)C2)cnn1C. The fourth-order valence-corrected chi connectivity index (χ4v) is 2.64. The number of anilines is 2. The number of hydrogen-bond donors (Lipinski definition) is 1. The summed E-state index contributed by atoms with van der Waals surface area (Å²) in [5.41, 5.74) is 1.62. The molecule has 1 atom stereocenters.